The Morgan fingerprint density at radius 2 is 1.54 bits per heavy atom. The number of ketones is 1. The molecule has 3 rings (SSSR count). The summed E-state index contributed by atoms with van der Waals surface area (Å²) in [6.45, 7) is 2.00. The van der Waals surface area contributed by atoms with E-state index >= 15 is 0 Å². The Morgan fingerprint density at radius 3 is 2.15 bits per heavy atom. The van der Waals surface area contributed by atoms with E-state index in [1.54, 1.807) is 6.08 Å². The Morgan fingerprint density at radius 1 is 0.885 bits per heavy atom. The van der Waals surface area contributed by atoms with E-state index in [2.05, 4.69) is 28.1 Å². The van der Waals surface area contributed by atoms with E-state index in [1.165, 1.54) is 37.7 Å². The highest BCUT2D eigenvalue weighted by molar-refractivity contribution is 9.11. The molecule has 1 aliphatic rings. The maximum atomic E-state index is 12.6. The van der Waals surface area contributed by atoms with E-state index in [0.29, 0.717) is 5.92 Å². The van der Waals surface area contributed by atoms with Crippen molar-refractivity contribution in [1.29, 1.82) is 0 Å². The van der Waals surface area contributed by atoms with Crippen LogP contribution in [0.2, 0.25) is 0 Å². The van der Waals surface area contributed by atoms with Gasteiger partial charge in [-0.15, -0.1) is 0 Å². The van der Waals surface area contributed by atoms with Crippen molar-refractivity contribution in [1.82, 2.24) is 0 Å². The van der Waals surface area contributed by atoms with Crippen LogP contribution in [-0.4, -0.2) is 5.78 Å². The van der Waals surface area contributed by atoms with E-state index in [9.17, 15) is 4.79 Å². The third-order valence-electron chi connectivity index (χ3n) is 5.13. The molecule has 0 unspecified atom stereocenters. The first kappa shape index (κ1) is 18.8. The van der Waals surface area contributed by atoms with Crippen molar-refractivity contribution in [3.63, 3.8) is 0 Å². The first-order valence-electron chi connectivity index (χ1n) is 9.39. The summed E-state index contributed by atoms with van der Waals surface area (Å²) in [5.41, 5.74) is 4.25. The van der Waals surface area contributed by atoms with Crippen molar-refractivity contribution in [2.24, 2.45) is 0 Å². The van der Waals surface area contributed by atoms with Crippen LogP contribution < -0.4 is 0 Å². The van der Waals surface area contributed by atoms with E-state index in [4.69, 9.17) is 0 Å². The molecule has 134 valence electrons. The number of hydrogen-bond acceptors (Lipinski definition) is 1. The van der Waals surface area contributed by atoms with Crippen molar-refractivity contribution in [2.45, 2.75) is 44.9 Å². The SMILES string of the molecule is C/C(Br)=C(\C=C\C(=O)c1ccc(C2CCCCC2)cc1)c1ccccc1. The fourth-order valence-electron chi connectivity index (χ4n) is 3.64. The highest BCUT2D eigenvalue weighted by Gasteiger charge is 2.15. The van der Waals surface area contributed by atoms with Crippen LogP contribution in [0.1, 0.15) is 66.4 Å². The number of hydrogen-bond donors (Lipinski definition) is 0. The molecule has 26 heavy (non-hydrogen) atoms. The van der Waals surface area contributed by atoms with Gasteiger partial charge in [0.2, 0.25) is 0 Å². The number of rotatable bonds is 5. The zero-order chi connectivity index (χ0) is 18.4. The fraction of sp³-hybridized carbons (Fsp3) is 0.292. The summed E-state index contributed by atoms with van der Waals surface area (Å²) in [4.78, 5) is 12.6. The maximum absolute atomic E-state index is 12.6. The Kier molecular flexibility index (Phi) is 6.62. The third-order valence-corrected chi connectivity index (χ3v) is 5.56. The van der Waals surface area contributed by atoms with Crippen molar-refractivity contribution in [3.8, 4) is 0 Å². The molecule has 1 nitrogen and oxygen atoms in total. The van der Waals surface area contributed by atoms with Crippen LogP contribution >= 0.6 is 15.9 Å². The average Bonchev–Trinajstić information content (AvgIpc) is 2.69. The molecule has 2 aromatic carbocycles. The summed E-state index contributed by atoms with van der Waals surface area (Å²) in [7, 11) is 0. The molecule has 0 atom stereocenters. The third kappa shape index (κ3) is 4.82. The summed E-state index contributed by atoms with van der Waals surface area (Å²) in [6.07, 6.45) is 10.1. The molecule has 0 amide bonds. The Hall–Kier alpha value is -1.93. The number of allylic oxidation sites excluding steroid dienone is 4. The lowest BCUT2D eigenvalue weighted by molar-refractivity contribution is 0.104. The van der Waals surface area contributed by atoms with E-state index in [-0.39, 0.29) is 5.78 Å². The molecule has 0 radical (unpaired) electrons. The molecule has 2 heteroatoms. The van der Waals surface area contributed by atoms with Gasteiger partial charge in [0.15, 0.2) is 5.78 Å². The molecule has 1 fully saturated rings. The van der Waals surface area contributed by atoms with Gasteiger partial charge in [0, 0.05) is 5.56 Å². The number of benzene rings is 2. The minimum atomic E-state index is 0.0439. The van der Waals surface area contributed by atoms with E-state index in [1.807, 2.05) is 55.5 Å². The van der Waals surface area contributed by atoms with Gasteiger partial charge in [-0.25, -0.2) is 0 Å². The van der Waals surface area contributed by atoms with Gasteiger partial charge in [-0.1, -0.05) is 89.8 Å². The molecular formula is C24H25BrO. The molecule has 1 aliphatic carbocycles. The van der Waals surface area contributed by atoms with Crippen LogP contribution in [0.25, 0.3) is 5.57 Å². The first-order chi connectivity index (χ1) is 12.6. The highest BCUT2D eigenvalue weighted by Crippen LogP contribution is 2.32. The van der Waals surface area contributed by atoms with Gasteiger partial charge in [0.25, 0.3) is 0 Å². The Balaban J connectivity index is 1.72. The Labute approximate surface area is 165 Å². The van der Waals surface area contributed by atoms with Crippen LogP contribution in [0.5, 0.6) is 0 Å². The molecule has 0 aliphatic heterocycles. The maximum Gasteiger partial charge on any atom is 0.185 e. The van der Waals surface area contributed by atoms with Gasteiger partial charge in [-0.3, -0.25) is 4.79 Å². The second kappa shape index (κ2) is 9.14. The lowest BCUT2D eigenvalue weighted by atomic mass is 9.84. The highest BCUT2D eigenvalue weighted by atomic mass is 79.9. The summed E-state index contributed by atoms with van der Waals surface area (Å²) in [5.74, 6) is 0.717. The van der Waals surface area contributed by atoms with Gasteiger partial charge in [0.1, 0.15) is 0 Å². The lowest BCUT2D eigenvalue weighted by Gasteiger charge is -2.21. The normalized spacial score (nSPS) is 16.5. The predicted molar refractivity (Wildman–Crippen MR) is 114 cm³/mol. The van der Waals surface area contributed by atoms with Crippen LogP contribution in [0, 0.1) is 0 Å². The molecule has 2 aromatic rings. The first-order valence-corrected chi connectivity index (χ1v) is 10.2. The molecule has 0 spiro atoms. The second-order valence-electron chi connectivity index (χ2n) is 6.97. The standard InChI is InChI=1S/C24H25BrO/c1-18(25)23(21-10-6-3-7-11-21)16-17-24(26)22-14-12-20(13-15-22)19-8-4-2-5-9-19/h3,6-7,10-17,19H,2,4-5,8-9H2,1H3/b17-16+,23-18-. The van der Waals surface area contributed by atoms with E-state index in [0.717, 1.165) is 21.2 Å². The number of halogens is 1. The molecule has 0 heterocycles. The van der Waals surface area contributed by atoms with Crippen LogP contribution in [0.15, 0.2) is 71.2 Å². The van der Waals surface area contributed by atoms with E-state index < -0.39 is 0 Å². The molecule has 1 saturated carbocycles. The average molecular weight is 409 g/mol. The van der Waals surface area contributed by atoms with Crippen molar-refractivity contribution in [3.05, 3.63) is 87.9 Å². The molecular weight excluding hydrogens is 384 g/mol. The summed E-state index contributed by atoms with van der Waals surface area (Å²) < 4.78 is 1.01. The molecule has 0 bridgehead atoms. The summed E-state index contributed by atoms with van der Waals surface area (Å²) in [6, 6.07) is 18.3. The molecule has 0 N–H and O–H groups in total. The van der Waals surface area contributed by atoms with Gasteiger partial charge in [-0.05, 0) is 59.0 Å². The molecule has 0 aromatic heterocycles. The zero-order valence-corrected chi connectivity index (χ0v) is 16.8. The molecule has 0 saturated heterocycles. The van der Waals surface area contributed by atoms with Crippen molar-refractivity contribution >= 4 is 27.3 Å². The van der Waals surface area contributed by atoms with Crippen molar-refractivity contribution < 1.29 is 4.79 Å². The van der Waals surface area contributed by atoms with Crippen molar-refractivity contribution in [2.75, 3.05) is 0 Å². The summed E-state index contributed by atoms with van der Waals surface area (Å²) >= 11 is 3.55. The van der Waals surface area contributed by atoms with Crippen LogP contribution in [0.4, 0.5) is 0 Å². The topological polar surface area (TPSA) is 17.1 Å². The smallest absolute Gasteiger partial charge is 0.185 e. The largest absolute Gasteiger partial charge is 0.289 e. The minimum absolute atomic E-state index is 0.0439. The minimum Gasteiger partial charge on any atom is -0.289 e. The van der Waals surface area contributed by atoms with Gasteiger partial charge in [-0.2, -0.15) is 0 Å². The van der Waals surface area contributed by atoms with Gasteiger partial charge in [0.05, 0.1) is 0 Å². The second-order valence-corrected chi connectivity index (χ2v) is 8.16. The van der Waals surface area contributed by atoms with Gasteiger partial charge >= 0.3 is 0 Å². The zero-order valence-electron chi connectivity index (χ0n) is 15.2. The monoisotopic (exact) mass is 408 g/mol. The number of carbonyl (C=O) groups excluding carboxylic acids is 1. The predicted octanol–water partition coefficient (Wildman–Crippen LogP) is 7.30. The number of carbonyl (C=O) groups is 1. The van der Waals surface area contributed by atoms with Crippen LogP contribution in [-0.2, 0) is 0 Å². The van der Waals surface area contributed by atoms with Crippen LogP contribution in [0.3, 0.4) is 0 Å². The lowest BCUT2D eigenvalue weighted by Crippen LogP contribution is -2.05. The quantitative estimate of drug-likeness (QED) is 0.288. The fourth-order valence-corrected chi connectivity index (χ4v) is 4.00. The Bertz CT molecular complexity index is 790. The van der Waals surface area contributed by atoms with Gasteiger partial charge < -0.3 is 0 Å². The summed E-state index contributed by atoms with van der Waals surface area (Å²) in [5, 5.41) is 0.